The Morgan fingerprint density at radius 1 is 1.35 bits per heavy atom. The average Bonchev–Trinajstić information content (AvgIpc) is 2.77. The number of carbonyl (C=O) groups is 1. The van der Waals surface area contributed by atoms with Crippen molar-refractivity contribution in [3.05, 3.63) is 58.9 Å². The van der Waals surface area contributed by atoms with Crippen molar-refractivity contribution in [1.82, 2.24) is 4.57 Å². The Morgan fingerprint density at radius 2 is 2.18 bits per heavy atom. The first kappa shape index (κ1) is 11.9. The van der Waals surface area contributed by atoms with Gasteiger partial charge < -0.3 is 5.73 Å². The molecule has 0 atom stereocenters. The van der Waals surface area contributed by atoms with Crippen LogP contribution in [0.15, 0.2) is 42.7 Å². The molecule has 0 unspecified atom stereocenters. The second-order valence-electron chi connectivity index (χ2n) is 3.78. The van der Waals surface area contributed by atoms with Crippen LogP contribution in [0.5, 0.6) is 0 Å². The minimum atomic E-state index is -0.0872. The lowest BCUT2D eigenvalue weighted by Gasteiger charge is -2.02. The molecule has 0 amide bonds. The summed E-state index contributed by atoms with van der Waals surface area (Å²) < 4.78 is 1.55. The van der Waals surface area contributed by atoms with Gasteiger partial charge in [0.2, 0.25) is 0 Å². The van der Waals surface area contributed by atoms with Crippen molar-refractivity contribution in [2.45, 2.75) is 6.42 Å². The van der Waals surface area contributed by atoms with Gasteiger partial charge in [-0.15, -0.1) is 0 Å². The van der Waals surface area contributed by atoms with Crippen LogP contribution in [0.4, 0.5) is 0 Å². The van der Waals surface area contributed by atoms with Gasteiger partial charge in [-0.2, -0.15) is 0 Å². The lowest BCUT2D eigenvalue weighted by atomic mass is 10.2. The highest BCUT2D eigenvalue weighted by Gasteiger charge is 2.08. The minimum Gasteiger partial charge on any atom is -0.330 e. The molecule has 2 aromatic rings. The molecule has 0 saturated carbocycles. The maximum absolute atomic E-state index is 12.1. The number of aromatic nitrogens is 1. The molecule has 0 spiro atoms. The third-order valence-electron chi connectivity index (χ3n) is 2.49. The first-order valence-electron chi connectivity index (χ1n) is 5.38. The first-order valence-corrected chi connectivity index (χ1v) is 5.75. The lowest BCUT2D eigenvalue weighted by Crippen LogP contribution is -2.09. The highest BCUT2D eigenvalue weighted by atomic mass is 35.5. The maximum atomic E-state index is 12.1. The molecule has 4 heteroatoms. The van der Waals surface area contributed by atoms with Gasteiger partial charge in [0, 0.05) is 23.0 Å². The van der Waals surface area contributed by atoms with Crippen LogP contribution in [0.25, 0.3) is 0 Å². The van der Waals surface area contributed by atoms with Crippen LogP contribution in [0, 0.1) is 0 Å². The normalized spacial score (nSPS) is 10.5. The van der Waals surface area contributed by atoms with Gasteiger partial charge in [0.25, 0.3) is 5.91 Å². The minimum absolute atomic E-state index is 0.0872. The van der Waals surface area contributed by atoms with Gasteiger partial charge in [-0.05, 0) is 42.8 Å². The molecule has 0 radical (unpaired) electrons. The molecule has 17 heavy (non-hydrogen) atoms. The van der Waals surface area contributed by atoms with Crippen molar-refractivity contribution in [2.24, 2.45) is 5.73 Å². The third kappa shape index (κ3) is 2.75. The number of nitrogens with zero attached hydrogens (tertiary/aromatic N) is 1. The van der Waals surface area contributed by atoms with Crippen LogP contribution < -0.4 is 5.73 Å². The molecule has 2 rings (SSSR count). The van der Waals surface area contributed by atoms with E-state index < -0.39 is 0 Å². The zero-order valence-electron chi connectivity index (χ0n) is 9.27. The molecule has 0 aliphatic heterocycles. The lowest BCUT2D eigenvalue weighted by molar-refractivity contribution is 0.0960. The Balaban J connectivity index is 2.24. The Hall–Kier alpha value is -1.58. The number of nitrogens with two attached hydrogens (primary N) is 1. The summed E-state index contributed by atoms with van der Waals surface area (Å²) in [5, 5.41) is 0.560. The number of benzene rings is 1. The zero-order valence-corrected chi connectivity index (χ0v) is 10.0. The van der Waals surface area contributed by atoms with E-state index in [1.54, 1.807) is 41.2 Å². The largest absolute Gasteiger partial charge is 0.330 e. The molecular weight excluding hydrogens is 236 g/mol. The summed E-state index contributed by atoms with van der Waals surface area (Å²) in [6.07, 6.45) is 4.32. The molecule has 0 bridgehead atoms. The number of hydrogen-bond donors (Lipinski definition) is 1. The Bertz CT molecular complexity index is 534. The van der Waals surface area contributed by atoms with Crippen molar-refractivity contribution in [3.8, 4) is 0 Å². The molecule has 0 aliphatic carbocycles. The van der Waals surface area contributed by atoms with Crippen LogP contribution in [0.2, 0.25) is 5.02 Å². The van der Waals surface area contributed by atoms with Gasteiger partial charge in [-0.25, -0.2) is 0 Å². The number of halogens is 1. The van der Waals surface area contributed by atoms with E-state index in [2.05, 4.69) is 0 Å². The van der Waals surface area contributed by atoms with Crippen LogP contribution in [0.3, 0.4) is 0 Å². The van der Waals surface area contributed by atoms with E-state index >= 15 is 0 Å². The summed E-state index contributed by atoms with van der Waals surface area (Å²) in [4.78, 5) is 12.1. The van der Waals surface area contributed by atoms with Crippen LogP contribution in [0.1, 0.15) is 15.9 Å². The van der Waals surface area contributed by atoms with Gasteiger partial charge >= 0.3 is 0 Å². The molecule has 1 aromatic heterocycles. The zero-order chi connectivity index (χ0) is 12.3. The van der Waals surface area contributed by atoms with E-state index in [0.29, 0.717) is 17.1 Å². The SMILES string of the molecule is NCCc1ccn(C(=O)c2cccc(Cl)c2)c1. The fraction of sp³-hybridized carbons (Fsp3) is 0.154. The van der Waals surface area contributed by atoms with Gasteiger partial charge in [-0.3, -0.25) is 9.36 Å². The predicted octanol–water partition coefficient (Wildman–Crippen LogP) is 2.33. The van der Waals surface area contributed by atoms with Crippen molar-refractivity contribution < 1.29 is 4.79 Å². The molecule has 1 aromatic carbocycles. The van der Waals surface area contributed by atoms with Crippen molar-refractivity contribution in [1.29, 1.82) is 0 Å². The van der Waals surface area contributed by atoms with Crippen molar-refractivity contribution in [3.63, 3.8) is 0 Å². The highest BCUT2D eigenvalue weighted by molar-refractivity contribution is 6.31. The molecule has 0 aliphatic rings. The van der Waals surface area contributed by atoms with Gasteiger partial charge in [0.05, 0.1) is 0 Å². The highest BCUT2D eigenvalue weighted by Crippen LogP contribution is 2.13. The van der Waals surface area contributed by atoms with Gasteiger partial charge in [0.1, 0.15) is 0 Å². The molecule has 88 valence electrons. The van der Waals surface area contributed by atoms with Gasteiger partial charge in [0.15, 0.2) is 0 Å². The van der Waals surface area contributed by atoms with Crippen LogP contribution in [-0.2, 0) is 6.42 Å². The van der Waals surface area contributed by atoms with E-state index in [4.69, 9.17) is 17.3 Å². The monoisotopic (exact) mass is 248 g/mol. The Morgan fingerprint density at radius 3 is 2.88 bits per heavy atom. The fourth-order valence-electron chi connectivity index (χ4n) is 1.65. The quantitative estimate of drug-likeness (QED) is 0.906. The van der Waals surface area contributed by atoms with Crippen LogP contribution >= 0.6 is 11.6 Å². The predicted molar refractivity (Wildman–Crippen MR) is 68.4 cm³/mol. The molecule has 0 fully saturated rings. The average molecular weight is 249 g/mol. The number of rotatable bonds is 3. The maximum Gasteiger partial charge on any atom is 0.261 e. The summed E-state index contributed by atoms with van der Waals surface area (Å²) in [5.74, 6) is -0.0872. The van der Waals surface area contributed by atoms with E-state index in [-0.39, 0.29) is 5.91 Å². The summed E-state index contributed by atoms with van der Waals surface area (Å²) in [6.45, 7) is 0.579. The summed E-state index contributed by atoms with van der Waals surface area (Å²) in [7, 11) is 0. The fourth-order valence-corrected chi connectivity index (χ4v) is 1.84. The van der Waals surface area contributed by atoms with E-state index in [1.165, 1.54) is 0 Å². The van der Waals surface area contributed by atoms with Crippen LogP contribution in [-0.4, -0.2) is 17.0 Å². The Labute approximate surface area is 105 Å². The van der Waals surface area contributed by atoms with E-state index in [1.807, 2.05) is 6.07 Å². The molecular formula is C13H13ClN2O. The number of hydrogen-bond acceptors (Lipinski definition) is 2. The summed E-state index contributed by atoms with van der Waals surface area (Å²) >= 11 is 5.85. The smallest absolute Gasteiger partial charge is 0.261 e. The molecule has 0 saturated heterocycles. The summed E-state index contributed by atoms with van der Waals surface area (Å²) in [5.41, 5.74) is 7.10. The van der Waals surface area contributed by atoms with E-state index in [0.717, 1.165) is 12.0 Å². The standard InChI is InChI=1S/C13H13ClN2O/c14-12-3-1-2-11(8-12)13(17)16-7-5-10(9-16)4-6-15/h1-3,5,7-9H,4,6,15H2. The molecule has 1 heterocycles. The molecule has 3 nitrogen and oxygen atoms in total. The third-order valence-corrected chi connectivity index (χ3v) is 2.73. The molecule has 2 N–H and O–H groups in total. The number of carbonyl (C=O) groups excluding carboxylic acids is 1. The second kappa shape index (κ2) is 5.17. The van der Waals surface area contributed by atoms with Gasteiger partial charge in [-0.1, -0.05) is 17.7 Å². The topological polar surface area (TPSA) is 48.0 Å². The van der Waals surface area contributed by atoms with E-state index in [9.17, 15) is 4.79 Å². The first-order chi connectivity index (χ1) is 8.20. The second-order valence-corrected chi connectivity index (χ2v) is 4.22. The van der Waals surface area contributed by atoms with Crippen molar-refractivity contribution >= 4 is 17.5 Å². The van der Waals surface area contributed by atoms with Crippen molar-refractivity contribution in [2.75, 3.05) is 6.54 Å². The summed E-state index contributed by atoms with van der Waals surface area (Å²) in [6, 6.07) is 8.81. The Kier molecular flexibility index (Phi) is 3.61.